The summed E-state index contributed by atoms with van der Waals surface area (Å²) < 4.78 is 35.0. The zero-order valence-electron chi connectivity index (χ0n) is 13.1. The summed E-state index contributed by atoms with van der Waals surface area (Å²) in [7, 11) is -3.46. The third-order valence-electron chi connectivity index (χ3n) is 4.30. The van der Waals surface area contributed by atoms with Crippen LogP contribution < -0.4 is 0 Å². The SMILES string of the molecule is C[C@@H]1CN(S(=O)(=O)N2CCC[C@H]2c2ccncc2)C[C@@H](C)O1. The molecule has 0 radical (unpaired) electrons. The molecule has 122 valence electrons. The fourth-order valence-electron chi connectivity index (χ4n) is 3.40. The van der Waals surface area contributed by atoms with Crippen LogP contribution in [0.25, 0.3) is 0 Å². The van der Waals surface area contributed by atoms with Crippen LogP contribution in [0.2, 0.25) is 0 Å². The van der Waals surface area contributed by atoms with E-state index in [0.717, 1.165) is 18.4 Å². The van der Waals surface area contributed by atoms with Gasteiger partial charge in [-0.3, -0.25) is 4.98 Å². The van der Waals surface area contributed by atoms with E-state index in [1.165, 1.54) is 0 Å². The largest absolute Gasteiger partial charge is 0.373 e. The zero-order valence-corrected chi connectivity index (χ0v) is 13.9. The smallest absolute Gasteiger partial charge is 0.282 e. The second kappa shape index (κ2) is 6.23. The quantitative estimate of drug-likeness (QED) is 0.846. The van der Waals surface area contributed by atoms with E-state index in [1.54, 1.807) is 21.0 Å². The molecule has 0 bridgehead atoms. The standard InChI is InChI=1S/C15H23N3O3S/c1-12-10-17(11-13(2)21-12)22(19,20)18-9-3-4-15(18)14-5-7-16-8-6-14/h5-8,12-13,15H,3-4,9-11H2,1-2H3/t12-,13-,15+/m1/s1. The van der Waals surface area contributed by atoms with E-state index in [1.807, 2.05) is 26.0 Å². The molecule has 1 aromatic rings. The Labute approximate surface area is 132 Å². The molecule has 0 aliphatic carbocycles. The van der Waals surface area contributed by atoms with Crippen LogP contribution in [0.4, 0.5) is 0 Å². The summed E-state index contributed by atoms with van der Waals surface area (Å²) in [6.45, 7) is 5.26. The van der Waals surface area contributed by atoms with Crippen LogP contribution in [-0.2, 0) is 14.9 Å². The molecule has 2 aliphatic rings. The van der Waals surface area contributed by atoms with Crippen molar-refractivity contribution in [1.82, 2.24) is 13.6 Å². The molecule has 0 aromatic carbocycles. The van der Waals surface area contributed by atoms with Gasteiger partial charge in [0.2, 0.25) is 0 Å². The van der Waals surface area contributed by atoms with E-state index in [9.17, 15) is 8.42 Å². The summed E-state index contributed by atoms with van der Waals surface area (Å²) in [6, 6.07) is 3.73. The minimum absolute atomic E-state index is 0.0690. The van der Waals surface area contributed by atoms with Crippen molar-refractivity contribution < 1.29 is 13.2 Å². The molecule has 6 nitrogen and oxygen atoms in total. The van der Waals surface area contributed by atoms with E-state index in [2.05, 4.69) is 4.98 Å². The molecule has 0 unspecified atom stereocenters. The molecule has 2 saturated heterocycles. The van der Waals surface area contributed by atoms with E-state index >= 15 is 0 Å². The molecule has 0 spiro atoms. The lowest BCUT2D eigenvalue weighted by Gasteiger charge is -2.37. The minimum Gasteiger partial charge on any atom is -0.373 e. The highest BCUT2D eigenvalue weighted by Crippen LogP contribution is 2.35. The van der Waals surface area contributed by atoms with Crippen LogP contribution in [0.5, 0.6) is 0 Å². The maximum atomic E-state index is 13.0. The molecule has 0 N–H and O–H groups in total. The molecule has 3 rings (SSSR count). The van der Waals surface area contributed by atoms with Crippen LogP contribution in [0.3, 0.4) is 0 Å². The minimum atomic E-state index is -3.46. The van der Waals surface area contributed by atoms with Gasteiger partial charge in [-0.25, -0.2) is 0 Å². The number of ether oxygens (including phenoxy) is 1. The second-order valence-electron chi connectivity index (χ2n) is 6.13. The number of morpholine rings is 1. The van der Waals surface area contributed by atoms with Crippen molar-refractivity contribution in [3.05, 3.63) is 30.1 Å². The average molecular weight is 325 g/mol. The summed E-state index contributed by atoms with van der Waals surface area (Å²) in [5, 5.41) is 0. The molecule has 3 heterocycles. The maximum absolute atomic E-state index is 13.0. The highest BCUT2D eigenvalue weighted by Gasteiger charge is 2.41. The molecule has 0 amide bonds. The fraction of sp³-hybridized carbons (Fsp3) is 0.667. The Morgan fingerprint density at radius 1 is 1.18 bits per heavy atom. The lowest BCUT2D eigenvalue weighted by molar-refractivity contribution is -0.0455. The van der Waals surface area contributed by atoms with Gasteiger partial charge in [0, 0.05) is 32.0 Å². The Morgan fingerprint density at radius 3 is 2.45 bits per heavy atom. The summed E-state index contributed by atoms with van der Waals surface area (Å²) in [5.41, 5.74) is 1.02. The molecular formula is C15H23N3O3S. The molecule has 3 atom stereocenters. The highest BCUT2D eigenvalue weighted by molar-refractivity contribution is 7.86. The van der Waals surface area contributed by atoms with Crippen molar-refractivity contribution in [2.45, 2.75) is 44.9 Å². The molecule has 2 aliphatic heterocycles. The number of hydrogen-bond donors (Lipinski definition) is 0. The fourth-order valence-corrected chi connectivity index (χ4v) is 5.40. The average Bonchev–Trinajstić information content (AvgIpc) is 2.97. The topological polar surface area (TPSA) is 62.7 Å². The molecule has 2 fully saturated rings. The second-order valence-corrected chi connectivity index (χ2v) is 8.01. The first-order valence-corrected chi connectivity index (χ1v) is 9.20. The van der Waals surface area contributed by atoms with Gasteiger partial charge < -0.3 is 4.74 Å². The first-order chi connectivity index (χ1) is 10.5. The van der Waals surface area contributed by atoms with Crippen LogP contribution >= 0.6 is 0 Å². The van der Waals surface area contributed by atoms with Gasteiger partial charge in [-0.1, -0.05) is 0 Å². The van der Waals surface area contributed by atoms with Crippen molar-refractivity contribution in [2.75, 3.05) is 19.6 Å². The monoisotopic (exact) mass is 325 g/mol. The van der Waals surface area contributed by atoms with Crippen LogP contribution in [0, 0.1) is 0 Å². The first-order valence-electron chi connectivity index (χ1n) is 7.81. The maximum Gasteiger partial charge on any atom is 0.282 e. The summed E-state index contributed by atoms with van der Waals surface area (Å²) in [6.07, 6.45) is 5.05. The van der Waals surface area contributed by atoms with Gasteiger partial charge in [0.1, 0.15) is 0 Å². The third-order valence-corrected chi connectivity index (χ3v) is 6.28. The molecule has 7 heteroatoms. The van der Waals surface area contributed by atoms with Gasteiger partial charge >= 0.3 is 0 Å². The van der Waals surface area contributed by atoms with Crippen molar-refractivity contribution in [2.24, 2.45) is 0 Å². The Hall–Kier alpha value is -1.02. The van der Waals surface area contributed by atoms with Gasteiger partial charge in [0.15, 0.2) is 0 Å². The first kappa shape index (κ1) is 15.9. The predicted molar refractivity (Wildman–Crippen MR) is 83.4 cm³/mol. The number of hydrogen-bond acceptors (Lipinski definition) is 4. The molecular weight excluding hydrogens is 302 g/mol. The summed E-state index contributed by atoms with van der Waals surface area (Å²) in [4.78, 5) is 4.02. The Bertz CT molecular complexity index is 598. The van der Waals surface area contributed by atoms with Crippen molar-refractivity contribution in [3.8, 4) is 0 Å². The number of pyridine rings is 1. The Kier molecular flexibility index (Phi) is 4.49. The van der Waals surface area contributed by atoms with Gasteiger partial charge in [-0.05, 0) is 44.4 Å². The van der Waals surface area contributed by atoms with Gasteiger partial charge in [-0.15, -0.1) is 0 Å². The van der Waals surface area contributed by atoms with Crippen LogP contribution in [0.15, 0.2) is 24.5 Å². The van der Waals surface area contributed by atoms with Crippen LogP contribution in [-0.4, -0.2) is 53.9 Å². The summed E-state index contributed by atoms with van der Waals surface area (Å²) >= 11 is 0. The van der Waals surface area contributed by atoms with Crippen LogP contribution in [0.1, 0.15) is 38.3 Å². The lowest BCUT2D eigenvalue weighted by Crippen LogP contribution is -2.52. The Morgan fingerprint density at radius 2 is 1.82 bits per heavy atom. The number of aromatic nitrogens is 1. The van der Waals surface area contributed by atoms with E-state index in [0.29, 0.717) is 19.6 Å². The van der Waals surface area contributed by atoms with Gasteiger partial charge in [0.25, 0.3) is 10.2 Å². The van der Waals surface area contributed by atoms with Crippen molar-refractivity contribution >= 4 is 10.2 Å². The van der Waals surface area contributed by atoms with Gasteiger partial charge in [-0.2, -0.15) is 17.0 Å². The lowest BCUT2D eigenvalue weighted by atomic mass is 10.1. The van der Waals surface area contributed by atoms with E-state index < -0.39 is 10.2 Å². The van der Waals surface area contributed by atoms with Crippen molar-refractivity contribution in [3.63, 3.8) is 0 Å². The van der Waals surface area contributed by atoms with Crippen molar-refractivity contribution in [1.29, 1.82) is 0 Å². The molecule has 0 saturated carbocycles. The Balaban J connectivity index is 1.85. The summed E-state index contributed by atoms with van der Waals surface area (Å²) in [5.74, 6) is 0. The number of nitrogens with zero attached hydrogens (tertiary/aromatic N) is 3. The van der Waals surface area contributed by atoms with Gasteiger partial charge in [0.05, 0.1) is 18.2 Å². The number of rotatable bonds is 3. The normalized spacial score (nSPS) is 31.5. The van der Waals surface area contributed by atoms with E-state index in [4.69, 9.17) is 4.74 Å². The van der Waals surface area contributed by atoms with E-state index in [-0.39, 0.29) is 18.2 Å². The third kappa shape index (κ3) is 3.03. The predicted octanol–water partition coefficient (Wildman–Crippen LogP) is 1.57. The molecule has 22 heavy (non-hydrogen) atoms. The highest BCUT2D eigenvalue weighted by atomic mass is 32.2. The zero-order chi connectivity index (χ0) is 15.7. The molecule has 1 aromatic heterocycles.